The lowest BCUT2D eigenvalue weighted by Gasteiger charge is -2.10. The van der Waals surface area contributed by atoms with Gasteiger partial charge >= 0.3 is 5.97 Å². The number of carbonyl (C=O) groups is 1. The minimum Gasteiger partial charge on any atom is -0.497 e. The Labute approximate surface area is 167 Å². The van der Waals surface area contributed by atoms with Crippen molar-refractivity contribution in [1.82, 2.24) is 15.0 Å². The molecule has 0 aliphatic rings. The number of rotatable bonds is 7. The predicted molar refractivity (Wildman–Crippen MR) is 106 cm³/mol. The number of nitrogens with zero attached hydrogens (tertiary/aromatic N) is 3. The van der Waals surface area contributed by atoms with E-state index in [4.69, 9.17) is 15.2 Å². The van der Waals surface area contributed by atoms with E-state index in [1.807, 2.05) is 0 Å². The van der Waals surface area contributed by atoms with E-state index >= 15 is 0 Å². The largest absolute Gasteiger partial charge is 0.497 e. The van der Waals surface area contributed by atoms with Gasteiger partial charge in [0.15, 0.2) is 5.82 Å². The summed E-state index contributed by atoms with van der Waals surface area (Å²) in [6, 6.07) is 12.3. The van der Waals surface area contributed by atoms with Crippen LogP contribution in [0.3, 0.4) is 0 Å². The lowest BCUT2D eigenvalue weighted by molar-refractivity contribution is 0.0520. The molecule has 3 N–H and O–H groups in total. The Hall–Kier alpha value is -3.60. The first-order valence-corrected chi connectivity index (χ1v) is 9.99. The number of nitrogens with two attached hydrogens (primary N) is 1. The van der Waals surface area contributed by atoms with Crippen LogP contribution >= 0.6 is 0 Å². The number of nitrogens with one attached hydrogen (secondary N) is 1. The van der Waals surface area contributed by atoms with Gasteiger partial charge in [-0.05, 0) is 55.5 Å². The standard InChI is InChI=1S/C18H19N5O5S/c1-3-28-18(24)16-17(19)23(22-20-16)13-6-4-12(5-7-13)21-29(25,26)15-10-8-14(27-2)9-11-15/h4-11,21H,3,19H2,1-2H3. The fourth-order valence-electron chi connectivity index (χ4n) is 2.46. The summed E-state index contributed by atoms with van der Waals surface area (Å²) in [4.78, 5) is 11.9. The normalized spacial score (nSPS) is 11.1. The Morgan fingerprint density at radius 3 is 2.38 bits per heavy atom. The molecule has 3 aromatic rings. The summed E-state index contributed by atoms with van der Waals surface area (Å²) in [5, 5.41) is 7.59. The lowest BCUT2D eigenvalue weighted by atomic mass is 10.3. The van der Waals surface area contributed by atoms with Crippen LogP contribution in [-0.4, -0.2) is 43.1 Å². The molecule has 0 aliphatic heterocycles. The van der Waals surface area contributed by atoms with Crippen LogP contribution < -0.4 is 15.2 Å². The third-order valence-electron chi connectivity index (χ3n) is 3.91. The topological polar surface area (TPSA) is 138 Å². The first-order chi connectivity index (χ1) is 13.9. The second-order valence-corrected chi connectivity index (χ2v) is 7.47. The molecule has 0 unspecified atom stereocenters. The predicted octanol–water partition coefficient (Wildman–Crippen LogP) is 1.84. The van der Waals surface area contributed by atoms with Crippen molar-refractivity contribution in [2.24, 2.45) is 0 Å². The number of methoxy groups -OCH3 is 1. The van der Waals surface area contributed by atoms with Gasteiger partial charge < -0.3 is 15.2 Å². The van der Waals surface area contributed by atoms with Gasteiger partial charge in [-0.2, -0.15) is 4.68 Å². The van der Waals surface area contributed by atoms with Gasteiger partial charge in [0.05, 0.1) is 24.3 Å². The highest BCUT2D eigenvalue weighted by atomic mass is 32.2. The molecule has 0 aliphatic carbocycles. The summed E-state index contributed by atoms with van der Waals surface area (Å²) in [6.07, 6.45) is 0. The minimum absolute atomic E-state index is 0.0232. The quantitative estimate of drug-likeness (QED) is 0.555. The maximum Gasteiger partial charge on any atom is 0.362 e. The number of nitrogen functional groups attached to an aromatic ring is 1. The van der Waals surface area contributed by atoms with E-state index in [0.29, 0.717) is 17.1 Å². The number of benzene rings is 2. The van der Waals surface area contributed by atoms with E-state index in [1.165, 1.54) is 23.9 Å². The van der Waals surface area contributed by atoms with E-state index in [2.05, 4.69) is 15.0 Å². The van der Waals surface area contributed by atoms with E-state index in [0.717, 1.165) is 0 Å². The summed E-state index contributed by atoms with van der Waals surface area (Å²) in [7, 11) is -2.26. The summed E-state index contributed by atoms with van der Waals surface area (Å²) >= 11 is 0. The van der Waals surface area contributed by atoms with Crippen LogP contribution in [0.2, 0.25) is 0 Å². The van der Waals surface area contributed by atoms with Gasteiger partial charge in [0.2, 0.25) is 5.69 Å². The molecule has 1 aromatic heterocycles. The first kappa shape index (κ1) is 20.1. The molecule has 0 saturated heterocycles. The van der Waals surface area contributed by atoms with Crippen LogP contribution in [0.1, 0.15) is 17.4 Å². The summed E-state index contributed by atoms with van der Waals surface area (Å²) in [6.45, 7) is 1.86. The number of carbonyl (C=O) groups excluding carboxylic acids is 1. The van der Waals surface area contributed by atoms with Gasteiger partial charge in [-0.25, -0.2) is 13.2 Å². The molecule has 11 heteroatoms. The Kier molecular flexibility index (Phi) is 5.69. The summed E-state index contributed by atoms with van der Waals surface area (Å²) in [5.74, 6) is -0.0870. The average Bonchev–Trinajstić information content (AvgIpc) is 3.10. The van der Waals surface area contributed by atoms with Gasteiger partial charge in [-0.1, -0.05) is 5.21 Å². The van der Waals surface area contributed by atoms with Crippen molar-refractivity contribution in [3.05, 3.63) is 54.2 Å². The van der Waals surface area contributed by atoms with Gasteiger partial charge in [0.1, 0.15) is 5.75 Å². The zero-order valence-electron chi connectivity index (χ0n) is 15.7. The van der Waals surface area contributed by atoms with Crippen LogP contribution in [0.5, 0.6) is 5.75 Å². The van der Waals surface area contributed by atoms with Crippen LogP contribution in [-0.2, 0) is 14.8 Å². The summed E-state index contributed by atoms with van der Waals surface area (Å²) < 4.78 is 38.6. The molecule has 152 valence electrons. The van der Waals surface area contributed by atoms with E-state index < -0.39 is 16.0 Å². The number of esters is 1. The van der Waals surface area contributed by atoms with Crippen molar-refractivity contribution in [3.8, 4) is 11.4 Å². The Balaban J connectivity index is 1.79. The number of aromatic nitrogens is 3. The molecule has 0 spiro atoms. The minimum atomic E-state index is -3.76. The van der Waals surface area contributed by atoms with Crippen molar-refractivity contribution in [2.45, 2.75) is 11.8 Å². The average molecular weight is 417 g/mol. The summed E-state index contributed by atoms with van der Waals surface area (Å²) in [5.41, 5.74) is 6.67. The number of sulfonamides is 1. The lowest BCUT2D eigenvalue weighted by Crippen LogP contribution is -2.13. The molecule has 2 aromatic carbocycles. The van der Waals surface area contributed by atoms with Crippen LogP contribution in [0.25, 0.3) is 5.69 Å². The highest BCUT2D eigenvalue weighted by molar-refractivity contribution is 7.92. The Morgan fingerprint density at radius 1 is 1.14 bits per heavy atom. The molecule has 3 rings (SSSR count). The maximum absolute atomic E-state index is 12.5. The molecule has 10 nitrogen and oxygen atoms in total. The fraction of sp³-hybridized carbons (Fsp3) is 0.167. The van der Waals surface area contributed by atoms with Gasteiger partial charge in [-0.3, -0.25) is 4.72 Å². The first-order valence-electron chi connectivity index (χ1n) is 8.51. The van der Waals surface area contributed by atoms with E-state index in [-0.39, 0.29) is 23.0 Å². The van der Waals surface area contributed by atoms with Crippen molar-refractivity contribution in [1.29, 1.82) is 0 Å². The van der Waals surface area contributed by atoms with Crippen molar-refractivity contribution >= 4 is 27.5 Å². The van der Waals surface area contributed by atoms with Crippen LogP contribution in [0.15, 0.2) is 53.4 Å². The Morgan fingerprint density at radius 2 is 1.79 bits per heavy atom. The zero-order chi connectivity index (χ0) is 21.0. The Bertz CT molecular complexity index is 1110. The molecule has 0 atom stereocenters. The van der Waals surface area contributed by atoms with Gasteiger partial charge in [0.25, 0.3) is 10.0 Å². The van der Waals surface area contributed by atoms with Gasteiger partial charge in [0, 0.05) is 5.69 Å². The maximum atomic E-state index is 12.5. The van der Waals surface area contributed by atoms with E-state index in [9.17, 15) is 13.2 Å². The molecule has 0 saturated carbocycles. The third-order valence-corrected chi connectivity index (χ3v) is 5.30. The monoisotopic (exact) mass is 417 g/mol. The van der Waals surface area contributed by atoms with Crippen LogP contribution in [0.4, 0.5) is 11.5 Å². The second kappa shape index (κ2) is 8.19. The van der Waals surface area contributed by atoms with Crippen LogP contribution in [0, 0.1) is 0 Å². The molecule has 0 radical (unpaired) electrons. The number of hydrogen-bond donors (Lipinski definition) is 2. The van der Waals surface area contributed by atoms with Gasteiger partial charge in [-0.15, -0.1) is 5.10 Å². The smallest absolute Gasteiger partial charge is 0.362 e. The number of ether oxygens (including phenoxy) is 2. The van der Waals surface area contributed by atoms with Crippen molar-refractivity contribution < 1.29 is 22.7 Å². The zero-order valence-corrected chi connectivity index (χ0v) is 16.5. The molecular weight excluding hydrogens is 398 g/mol. The molecule has 0 amide bonds. The highest BCUT2D eigenvalue weighted by Crippen LogP contribution is 2.21. The number of anilines is 2. The molecule has 0 bridgehead atoms. The molecule has 29 heavy (non-hydrogen) atoms. The number of hydrogen-bond acceptors (Lipinski definition) is 8. The van der Waals surface area contributed by atoms with E-state index in [1.54, 1.807) is 43.3 Å². The fourth-order valence-corrected chi connectivity index (χ4v) is 3.52. The highest BCUT2D eigenvalue weighted by Gasteiger charge is 2.19. The molecule has 1 heterocycles. The van der Waals surface area contributed by atoms with Crippen molar-refractivity contribution in [3.63, 3.8) is 0 Å². The molecular formula is C18H19N5O5S. The third kappa shape index (κ3) is 4.29. The second-order valence-electron chi connectivity index (χ2n) is 5.78. The molecule has 0 fully saturated rings. The SMILES string of the molecule is CCOC(=O)c1nnn(-c2ccc(NS(=O)(=O)c3ccc(OC)cc3)cc2)c1N. The van der Waals surface area contributed by atoms with Crippen molar-refractivity contribution in [2.75, 3.05) is 24.2 Å².